The first kappa shape index (κ1) is 13.9. The second-order valence-corrected chi connectivity index (χ2v) is 6.05. The number of aliphatic carboxylic acids is 1. The zero-order chi connectivity index (χ0) is 13.2. The fourth-order valence-corrected chi connectivity index (χ4v) is 3.04. The number of rotatable bonds is 4. The van der Waals surface area contributed by atoms with E-state index in [-0.39, 0.29) is 0 Å². The zero-order valence-electron chi connectivity index (χ0n) is 9.79. The first-order valence-corrected chi connectivity index (χ1v) is 7.02. The Morgan fingerprint density at radius 3 is 2.53 bits per heavy atom. The molecule has 0 bridgehead atoms. The fourth-order valence-electron chi connectivity index (χ4n) is 1.92. The summed E-state index contributed by atoms with van der Waals surface area (Å²) >= 11 is 0. The van der Waals surface area contributed by atoms with Crippen molar-refractivity contribution in [3.63, 3.8) is 0 Å². The molecule has 1 heterocycles. The van der Waals surface area contributed by atoms with E-state index in [9.17, 15) is 18.0 Å². The number of nitrogens with zero attached hydrogens (tertiary/aromatic N) is 2. The molecule has 7 nitrogen and oxygen atoms in total. The molecule has 0 aromatic carbocycles. The molecule has 0 aromatic heterocycles. The molecule has 0 aliphatic carbocycles. The quantitative estimate of drug-likeness (QED) is 0.699. The van der Waals surface area contributed by atoms with Crippen LogP contribution in [0.1, 0.15) is 12.8 Å². The lowest BCUT2D eigenvalue weighted by molar-refractivity contribution is -0.144. The molecule has 1 amide bonds. The van der Waals surface area contributed by atoms with Crippen molar-refractivity contribution in [2.24, 2.45) is 0 Å². The number of carbonyl (C=O) groups excluding carboxylic acids is 1. The number of hydrogen-bond donors (Lipinski definition) is 1. The third-order valence-electron chi connectivity index (χ3n) is 2.66. The summed E-state index contributed by atoms with van der Waals surface area (Å²) in [5.41, 5.74) is 0. The molecule has 98 valence electrons. The van der Waals surface area contributed by atoms with Gasteiger partial charge in [0, 0.05) is 13.6 Å². The van der Waals surface area contributed by atoms with E-state index in [1.165, 1.54) is 7.05 Å². The van der Waals surface area contributed by atoms with E-state index >= 15 is 0 Å². The fraction of sp³-hybridized carbons (Fsp3) is 0.778. The monoisotopic (exact) mass is 264 g/mol. The van der Waals surface area contributed by atoms with Gasteiger partial charge >= 0.3 is 5.97 Å². The predicted molar refractivity (Wildman–Crippen MR) is 59.8 cm³/mol. The minimum absolute atomic E-state index is 0.316. The number of amides is 1. The molecule has 0 spiro atoms. The molecule has 17 heavy (non-hydrogen) atoms. The Balaban J connectivity index is 2.78. The third-order valence-corrected chi connectivity index (χ3v) is 3.95. The lowest BCUT2D eigenvalue weighted by Crippen LogP contribution is -2.47. The molecule has 1 saturated heterocycles. The smallest absolute Gasteiger partial charge is 0.323 e. The molecule has 1 unspecified atom stereocenters. The summed E-state index contributed by atoms with van der Waals surface area (Å²) in [6, 6.07) is -0.755. The summed E-state index contributed by atoms with van der Waals surface area (Å²) in [6.45, 7) is -0.108. The maximum absolute atomic E-state index is 11.9. The molecule has 8 heteroatoms. The van der Waals surface area contributed by atoms with Crippen LogP contribution in [0.4, 0.5) is 0 Å². The van der Waals surface area contributed by atoms with Crippen molar-refractivity contribution in [3.05, 3.63) is 0 Å². The average Bonchev–Trinajstić information content (AvgIpc) is 2.62. The number of carboxylic acids is 1. The molecule has 1 aliphatic heterocycles. The Labute approximate surface area is 100 Å². The molecule has 1 fully saturated rings. The summed E-state index contributed by atoms with van der Waals surface area (Å²) in [7, 11) is -2.06. The minimum atomic E-state index is -3.42. The SMILES string of the molecule is CN(CC(=O)O)C(=O)C1CCCN1S(C)(=O)=O. The highest BCUT2D eigenvalue weighted by atomic mass is 32.2. The van der Waals surface area contributed by atoms with Gasteiger partial charge in [0.05, 0.1) is 6.26 Å². The van der Waals surface area contributed by atoms with E-state index < -0.39 is 34.5 Å². The number of likely N-dealkylation sites (N-methyl/N-ethyl adjacent to an activating group) is 1. The van der Waals surface area contributed by atoms with Crippen molar-refractivity contribution in [2.45, 2.75) is 18.9 Å². The normalized spacial score (nSPS) is 21.4. The van der Waals surface area contributed by atoms with Gasteiger partial charge in [-0.05, 0) is 12.8 Å². The minimum Gasteiger partial charge on any atom is -0.480 e. The molecule has 0 radical (unpaired) electrons. The van der Waals surface area contributed by atoms with Crippen LogP contribution in [-0.4, -0.2) is 67.0 Å². The Kier molecular flexibility index (Phi) is 4.10. The van der Waals surface area contributed by atoms with E-state index in [0.717, 1.165) is 15.5 Å². The van der Waals surface area contributed by atoms with Crippen molar-refractivity contribution in [3.8, 4) is 0 Å². The summed E-state index contributed by atoms with van der Waals surface area (Å²) in [5.74, 6) is -1.58. The molecule has 1 atom stereocenters. The van der Waals surface area contributed by atoms with E-state index in [1.54, 1.807) is 0 Å². The second kappa shape index (κ2) is 5.01. The summed E-state index contributed by atoms with van der Waals surface area (Å²) in [4.78, 5) is 23.4. The predicted octanol–water partition coefficient (Wildman–Crippen LogP) is -1.05. The van der Waals surface area contributed by atoms with Gasteiger partial charge in [0.15, 0.2) is 0 Å². The van der Waals surface area contributed by atoms with Crippen molar-refractivity contribution in [1.29, 1.82) is 0 Å². The van der Waals surface area contributed by atoms with Crippen LogP contribution in [0.3, 0.4) is 0 Å². The average molecular weight is 264 g/mol. The van der Waals surface area contributed by atoms with E-state index in [4.69, 9.17) is 5.11 Å². The first-order valence-electron chi connectivity index (χ1n) is 5.17. The molecular weight excluding hydrogens is 248 g/mol. The molecular formula is C9H16N2O5S. The van der Waals surface area contributed by atoms with Gasteiger partial charge in [-0.1, -0.05) is 0 Å². The highest BCUT2D eigenvalue weighted by molar-refractivity contribution is 7.88. The third kappa shape index (κ3) is 3.40. The van der Waals surface area contributed by atoms with Gasteiger partial charge in [0.25, 0.3) is 0 Å². The molecule has 1 rings (SSSR count). The van der Waals surface area contributed by atoms with Gasteiger partial charge in [-0.2, -0.15) is 4.31 Å². The van der Waals surface area contributed by atoms with E-state index in [1.807, 2.05) is 0 Å². The van der Waals surface area contributed by atoms with Crippen LogP contribution in [-0.2, 0) is 19.6 Å². The lowest BCUT2D eigenvalue weighted by Gasteiger charge is -2.25. The number of carboxylic acid groups (broad SMARTS) is 1. The molecule has 1 N–H and O–H groups in total. The van der Waals surface area contributed by atoms with Gasteiger partial charge in [0.1, 0.15) is 12.6 Å². The largest absolute Gasteiger partial charge is 0.480 e. The van der Waals surface area contributed by atoms with Gasteiger partial charge in [0.2, 0.25) is 15.9 Å². The lowest BCUT2D eigenvalue weighted by atomic mass is 10.2. The van der Waals surface area contributed by atoms with Crippen LogP contribution in [0.2, 0.25) is 0 Å². The molecule has 0 aromatic rings. The van der Waals surface area contributed by atoms with Crippen LogP contribution >= 0.6 is 0 Å². The summed E-state index contributed by atoms with van der Waals surface area (Å²) in [6.07, 6.45) is 2.11. The van der Waals surface area contributed by atoms with Gasteiger partial charge in [-0.3, -0.25) is 9.59 Å². The first-order chi connectivity index (χ1) is 7.73. The molecule has 1 aliphatic rings. The summed E-state index contributed by atoms with van der Waals surface area (Å²) in [5, 5.41) is 8.58. The number of hydrogen-bond acceptors (Lipinski definition) is 4. The highest BCUT2D eigenvalue weighted by Gasteiger charge is 2.37. The zero-order valence-corrected chi connectivity index (χ0v) is 10.6. The summed E-state index contributed by atoms with van der Waals surface area (Å²) < 4.78 is 24.0. The maximum Gasteiger partial charge on any atom is 0.323 e. The van der Waals surface area contributed by atoms with Crippen molar-refractivity contribution < 1.29 is 23.1 Å². The van der Waals surface area contributed by atoms with Gasteiger partial charge in [-0.15, -0.1) is 0 Å². The van der Waals surface area contributed by atoms with E-state index in [2.05, 4.69) is 0 Å². The maximum atomic E-state index is 11.9. The highest BCUT2D eigenvalue weighted by Crippen LogP contribution is 2.21. The Morgan fingerprint density at radius 1 is 1.47 bits per heavy atom. The van der Waals surface area contributed by atoms with Gasteiger partial charge in [-0.25, -0.2) is 8.42 Å². The standard InChI is InChI=1S/C9H16N2O5S/c1-10(6-8(12)13)9(14)7-4-3-5-11(7)17(2,15)16/h7H,3-6H2,1-2H3,(H,12,13). The number of sulfonamides is 1. The Bertz CT molecular complexity index is 419. The van der Waals surface area contributed by atoms with Crippen LogP contribution < -0.4 is 0 Å². The van der Waals surface area contributed by atoms with Crippen LogP contribution in [0, 0.1) is 0 Å². The Morgan fingerprint density at radius 2 is 2.06 bits per heavy atom. The second-order valence-electron chi connectivity index (χ2n) is 4.12. The van der Waals surface area contributed by atoms with Crippen molar-refractivity contribution >= 4 is 21.9 Å². The molecule has 0 saturated carbocycles. The van der Waals surface area contributed by atoms with Crippen molar-refractivity contribution in [1.82, 2.24) is 9.21 Å². The van der Waals surface area contributed by atoms with E-state index in [0.29, 0.717) is 19.4 Å². The van der Waals surface area contributed by atoms with Crippen LogP contribution in [0.15, 0.2) is 0 Å². The Hall–Kier alpha value is -1.15. The van der Waals surface area contributed by atoms with Gasteiger partial charge < -0.3 is 10.0 Å². The number of carbonyl (C=O) groups is 2. The topological polar surface area (TPSA) is 95.0 Å². The van der Waals surface area contributed by atoms with Crippen LogP contribution in [0.5, 0.6) is 0 Å². The van der Waals surface area contributed by atoms with Crippen molar-refractivity contribution in [2.75, 3.05) is 26.4 Å². The van der Waals surface area contributed by atoms with Crippen LogP contribution in [0.25, 0.3) is 0 Å².